The number of hydrogen-bond donors (Lipinski definition) is 0. The number of hydrogen-bond acceptors (Lipinski definition) is 2. The van der Waals surface area contributed by atoms with Crippen molar-refractivity contribution in [2.24, 2.45) is 0 Å². The van der Waals surface area contributed by atoms with Crippen LogP contribution in [0.15, 0.2) is 156 Å². The molecule has 0 N–H and O–H groups in total. The van der Waals surface area contributed by atoms with Gasteiger partial charge in [-0.05, 0) is 66.7 Å². The summed E-state index contributed by atoms with van der Waals surface area (Å²) in [6.45, 7) is 0. The molecule has 0 radical (unpaired) electrons. The van der Waals surface area contributed by atoms with Gasteiger partial charge in [0.25, 0.3) is 0 Å². The van der Waals surface area contributed by atoms with Crippen molar-refractivity contribution in [1.29, 1.82) is 0 Å². The molecule has 0 saturated carbocycles. The molecule has 6 aromatic carbocycles. The van der Waals surface area contributed by atoms with E-state index >= 15 is 0 Å². The molecule has 0 spiro atoms. The first-order valence-electron chi connectivity index (χ1n) is 15.2. The molecule has 4 nitrogen and oxygen atoms in total. The lowest BCUT2D eigenvalue weighted by Crippen LogP contribution is -1.98. The fraction of sp³-hybridized carbons (Fsp3) is 0. The zero-order chi connectivity index (χ0) is 29.5. The molecule has 0 amide bonds. The zero-order valence-corrected chi connectivity index (χ0v) is 24.2. The van der Waals surface area contributed by atoms with Crippen LogP contribution in [-0.2, 0) is 0 Å². The van der Waals surface area contributed by atoms with Crippen molar-refractivity contribution < 1.29 is 4.42 Å². The van der Waals surface area contributed by atoms with E-state index in [9.17, 15) is 0 Å². The first-order chi connectivity index (χ1) is 22.3. The Morgan fingerprint density at radius 3 is 2.02 bits per heavy atom. The van der Waals surface area contributed by atoms with Gasteiger partial charge in [-0.15, -0.1) is 0 Å². The molecule has 10 rings (SSSR count). The number of nitrogens with zero attached hydrogens (tertiary/aromatic N) is 3. The van der Waals surface area contributed by atoms with Crippen LogP contribution in [0.1, 0.15) is 0 Å². The van der Waals surface area contributed by atoms with E-state index in [4.69, 9.17) is 9.40 Å². The van der Waals surface area contributed by atoms with E-state index in [0.717, 1.165) is 55.7 Å². The molecule has 4 heteroatoms. The van der Waals surface area contributed by atoms with Gasteiger partial charge < -0.3 is 8.98 Å². The van der Waals surface area contributed by atoms with Gasteiger partial charge in [0.05, 0.1) is 27.8 Å². The molecule has 4 heterocycles. The Morgan fingerprint density at radius 1 is 0.444 bits per heavy atom. The fourth-order valence-electron chi connectivity index (χ4n) is 7.19. The standard InChI is InChI=1S/C41H25N3O/c1-2-11-27(12-3-1)43-34-17-7-4-13-28(34)30-22-23-36-40(41(30)43)31-15-5-8-18-35(31)44(36)39-20-10-16-33(42-39)26-21-24-38-32(25-26)29-14-6-9-19-37(29)45-38/h1-25H. The number of rotatable bonds is 3. The maximum atomic E-state index is 6.09. The van der Waals surface area contributed by atoms with Gasteiger partial charge in [0.2, 0.25) is 0 Å². The third-order valence-electron chi connectivity index (χ3n) is 9.12. The summed E-state index contributed by atoms with van der Waals surface area (Å²) in [4.78, 5) is 5.29. The zero-order valence-electron chi connectivity index (χ0n) is 24.2. The third-order valence-corrected chi connectivity index (χ3v) is 9.12. The molecule has 0 aliphatic heterocycles. The minimum absolute atomic E-state index is 0.885. The van der Waals surface area contributed by atoms with Crippen LogP contribution in [0.4, 0.5) is 0 Å². The highest BCUT2D eigenvalue weighted by molar-refractivity contribution is 6.26. The summed E-state index contributed by atoms with van der Waals surface area (Å²) in [6.07, 6.45) is 0. The lowest BCUT2D eigenvalue weighted by molar-refractivity contribution is 0.669. The van der Waals surface area contributed by atoms with Crippen LogP contribution in [0.25, 0.3) is 88.3 Å². The van der Waals surface area contributed by atoms with Crippen LogP contribution in [0.2, 0.25) is 0 Å². The monoisotopic (exact) mass is 575 g/mol. The van der Waals surface area contributed by atoms with Crippen molar-refractivity contribution in [1.82, 2.24) is 14.1 Å². The van der Waals surface area contributed by atoms with Gasteiger partial charge >= 0.3 is 0 Å². The van der Waals surface area contributed by atoms with Gasteiger partial charge in [-0.1, -0.05) is 84.9 Å². The average Bonchev–Trinajstić information content (AvgIpc) is 3.76. The summed E-state index contributed by atoms with van der Waals surface area (Å²) >= 11 is 0. The van der Waals surface area contributed by atoms with E-state index in [2.05, 4.69) is 149 Å². The van der Waals surface area contributed by atoms with E-state index in [-0.39, 0.29) is 0 Å². The predicted octanol–water partition coefficient (Wildman–Crippen LogP) is 10.8. The SMILES string of the molecule is c1ccc(-n2c3ccccc3c3ccc4c(c5ccccc5n4-c4cccc(-c5ccc6oc7ccccc7c6c5)n4)c32)cc1. The number of pyridine rings is 1. The van der Waals surface area contributed by atoms with Gasteiger partial charge in [-0.2, -0.15) is 0 Å². The Kier molecular flexibility index (Phi) is 4.96. The topological polar surface area (TPSA) is 35.9 Å². The lowest BCUT2D eigenvalue weighted by atomic mass is 10.1. The van der Waals surface area contributed by atoms with Gasteiger partial charge in [0.1, 0.15) is 17.0 Å². The van der Waals surface area contributed by atoms with E-state index in [1.54, 1.807) is 0 Å². The van der Waals surface area contributed by atoms with Gasteiger partial charge in [-0.25, -0.2) is 4.98 Å². The predicted molar refractivity (Wildman–Crippen MR) is 186 cm³/mol. The van der Waals surface area contributed by atoms with Crippen molar-refractivity contribution in [3.8, 4) is 22.8 Å². The number of benzene rings is 6. The van der Waals surface area contributed by atoms with E-state index in [0.29, 0.717) is 0 Å². The Bertz CT molecular complexity index is 2760. The van der Waals surface area contributed by atoms with Crippen LogP contribution in [0.5, 0.6) is 0 Å². The molecular weight excluding hydrogens is 550 g/mol. The lowest BCUT2D eigenvalue weighted by Gasteiger charge is -2.10. The quantitative estimate of drug-likeness (QED) is 0.210. The largest absolute Gasteiger partial charge is 0.456 e. The molecule has 10 aromatic rings. The highest BCUT2D eigenvalue weighted by Gasteiger charge is 2.21. The van der Waals surface area contributed by atoms with Gasteiger partial charge in [-0.3, -0.25) is 4.57 Å². The van der Waals surface area contributed by atoms with Gasteiger partial charge in [0.15, 0.2) is 0 Å². The van der Waals surface area contributed by atoms with E-state index < -0.39 is 0 Å². The second-order valence-corrected chi connectivity index (χ2v) is 11.6. The van der Waals surface area contributed by atoms with Crippen molar-refractivity contribution in [3.05, 3.63) is 152 Å². The maximum absolute atomic E-state index is 6.09. The molecule has 0 bridgehead atoms. The highest BCUT2D eigenvalue weighted by Crippen LogP contribution is 2.42. The molecule has 0 unspecified atom stereocenters. The smallest absolute Gasteiger partial charge is 0.138 e. The van der Waals surface area contributed by atoms with Crippen LogP contribution in [0, 0.1) is 0 Å². The van der Waals surface area contributed by atoms with Crippen molar-refractivity contribution in [2.45, 2.75) is 0 Å². The fourth-order valence-corrected chi connectivity index (χ4v) is 7.19. The number of furan rings is 1. The Labute approximate surface area is 258 Å². The first-order valence-corrected chi connectivity index (χ1v) is 15.2. The highest BCUT2D eigenvalue weighted by atomic mass is 16.3. The molecule has 0 aliphatic rings. The van der Waals surface area contributed by atoms with Crippen LogP contribution >= 0.6 is 0 Å². The molecule has 45 heavy (non-hydrogen) atoms. The summed E-state index contributed by atoms with van der Waals surface area (Å²) in [5.74, 6) is 0.887. The number of para-hydroxylation sites is 4. The Hall–Kier alpha value is -6.13. The molecule has 0 saturated heterocycles. The van der Waals surface area contributed by atoms with E-state index in [1.807, 2.05) is 12.1 Å². The van der Waals surface area contributed by atoms with Crippen LogP contribution < -0.4 is 0 Å². The van der Waals surface area contributed by atoms with Crippen LogP contribution in [0.3, 0.4) is 0 Å². The van der Waals surface area contributed by atoms with E-state index in [1.165, 1.54) is 32.6 Å². The molecule has 0 fully saturated rings. The summed E-state index contributed by atoms with van der Waals surface area (Å²) in [5, 5.41) is 7.14. The summed E-state index contributed by atoms with van der Waals surface area (Å²) in [5.41, 5.74) is 9.58. The summed E-state index contributed by atoms with van der Waals surface area (Å²) in [7, 11) is 0. The molecule has 4 aromatic heterocycles. The average molecular weight is 576 g/mol. The van der Waals surface area contributed by atoms with Gasteiger partial charge in [0, 0.05) is 43.6 Å². The summed E-state index contributed by atoms with van der Waals surface area (Å²) < 4.78 is 10.8. The van der Waals surface area contributed by atoms with Crippen molar-refractivity contribution in [2.75, 3.05) is 0 Å². The minimum Gasteiger partial charge on any atom is -0.456 e. The summed E-state index contributed by atoms with van der Waals surface area (Å²) in [6, 6.07) is 53.5. The Balaban J connectivity index is 1.26. The number of fused-ring (bicyclic) bond motifs is 10. The van der Waals surface area contributed by atoms with Crippen molar-refractivity contribution >= 4 is 65.6 Å². The van der Waals surface area contributed by atoms with Crippen molar-refractivity contribution in [3.63, 3.8) is 0 Å². The molecular formula is C41H25N3O. The second kappa shape index (κ2) is 9.18. The third kappa shape index (κ3) is 3.45. The van der Waals surface area contributed by atoms with Crippen LogP contribution in [-0.4, -0.2) is 14.1 Å². The Morgan fingerprint density at radius 2 is 1.16 bits per heavy atom. The first kappa shape index (κ1) is 24.3. The molecule has 210 valence electrons. The minimum atomic E-state index is 0.885. The number of aromatic nitrogens is 3. The molecule has 0 atom stereocenters. The second-order valence-electron chi connectivity index (χ2n) is 11.6. The molecule has 0 aliphatic carbocycles. The normalized spacial score (nSPS) is 12.0. The maximum Gasteiger partial charge on any atom is 0.138 e.